The maximum absolute atomic E-state index is 13.6. The standard InChI is InChI=1S/C23H21F2N3O2/c1-15(22-27-18-10-4-5-11-19(18)28(22)23(24)25)13-26-21(29)14-30-20-12-6-8-16-7-2-3-9-17(16)20/h2-12,15,23H,13-14H2,1H3,(H,26,29). The molecule has 1 atom stereocenters. The van der Waals surface area contributed by atoms with Crippen LogP contribution in [0.25, 0.3) is 21.8 Å². The molecule has 0 fully saturated rings. The number of hydrogen-bond acceptors (Lipinski definition) is 3. The second-order valence-electron chi connectivity index (χ2n) is 7.08. The summed E-state index contributed by atoms with van der Waals surface area (Å²) < 4.78 is 33.8. The minimum Gasteiger partial charge on any atom is -0.483 e. The van der Waals surface area contributed by atoms with E-state index in [2.05, 4.69) is 10.3 Å². The Kier molecular flexibility index (Phi) is 5.61. The highest BCUT2D eigenvalue weighted by Crippen LogP contribution is 2.27. The molecule has 154 valence electrons. The molecule has 4 aromatic rings. The van der Waals surface area contributed by atoms with Gasteiger partial charge in [-0.1, -0.05) is 55.5 Å². The van der Waals surface area contributed by atoms with Crippen LogP contribution in [0, 0.1) is 0 Å². The van der Waals surface area contributed by atoms with Gasteiger partial charge in [-0.3, -0.25) is 9.36 Å². The van der Waals surface area contributed by atoms with Crippen molar-refractivity contribution in [2.75, 3.05) is 13.2 Å². The zero-order valence-corrected chi connectivity index (χ0v) is 16.4. The summed E-state index contributed by atoms with van der Waals surface area (Å²) in [6.45, 7) is -0.939. The SMILES string of the molecule is CC(CNC(=O)COc1cccc2ccccc12)c1nc2ccccc2n1C(F)F. The van der Waals surface area contributed by atoms with Crippen LogP contribution in [0.3, 0.4) is 0 Å². The van der Waals surface area contributed by atoms with Crippen LogP contribution in [-0.4, -0.2) is 28.6 Å². The van der Waals surface area contributed by atoms with E-state index in [4.69, 9.17) is 4.74 Å². The predicted octanol–water partition coefficient (Wildman–Crippen LogP) is 4.88. The van der Waals surface area contributed by atoms with Crippen LogP contribution in [0.15, 0.2) is 66.7 Å². The van der Waals surface area contributed by atoms with Gasteiger partial charge in [0.1, 0.15) is 11.6 Å². The Morgan fingerprint density at radius 3 is 2.63 bits per heavy atom. The molecule has 3 aromatic carbocycles. The molecule has 0 aliphatic heterocycles. The van der Waals surface area contributed by atoms with Crippen molar-refractivity contribution in [3.8, 4) is 5.75 Å². The van der Waals surface area contributed by atoms with E-state index >= 15 is 0 Å². The number of imidazole rings is 1. The Morgan fingerprint density at radius 1 is 1.07 bits per heavy atom. The lowest BCUT2D eigenvalue weighted by atomic mass is 10.1. The van der Waals surface area contributed by atoms with Gasteiger partial charge in [-0.2, -0.15) is 8.78 Å². The molecule has 0 aliphatic carbocycles. The van der Waals surface area contributed by atoms with Crippen molar-refractivity contribution in [1.82, 2.24) is 14.9 Å². The van der Waals surface area contributed by atoms with Crippen molar-refractivity contribution in [3.63, 3.8) is 0 Å². The number of rotatable bonds is 7. The summed E-state index contributed by atoms with van der Waals surface area (Å²) in [5.74, 6) is 0.139. The lowest BCUT2D eigenvalue weighted by Crippen LogP contribution is -2.32. The van der Waals surface area contributed by atoms with Crippen LogP contribution >= 0.6 is 0 Å². The highest BCUT2D eigenvalue weighted by Gasteiger charge is 2.22. The number of fused-ring (bicyclic) bond motifs is 2. The van der Waals surface area contributed by atoms with Crippen LogP contribution in [0.1, 0.15) is 25.2 Å². The summed E-state index contributed by atoms with van der Waals surface area (Å²) in [6, 6.07) is 20.2. The van der Waals surface area contributed by atoms with E-state index in [1.807, 2.05) is 42.5 Å². The molecule has 1 unspecified atom stereocenters. The van der Waals surface area contributed by atoms with E-state index in [0.717, 1.165) is 15.3 Å². The number of para-hydroxylation sites is 2. The molecule has 1 N–H and O–H groups in total. The number of ether oxygens (including phenoxy) is 1. The first-order valence-corrected chi connectivity index (χ1v) is 9.67. The van der Waals surface area contributed by atoms with E-state index < -0.39 is 12.5 Å². The fourth-order valence-electron chi connectivity index (χ4n) is 3.49. The minimum atomic E-state index is -2.71. The lowest BCUT2D eigenvalue weighted by molar-refractivity contribution is -0.123. The molecular formula is C23H21F2N3O2. The molecule has 30 heavy (non-hydrogen) atoms. The number of nitrogens with one attached hydrogen (secondary N) is 1. The molecular weight excluding hydrogens is 388 g/mol. The Bertz CT molecular complexity index is 1180. The highest BCUT2D eigenvalue weighted by molar-refractivity contribution is 5.88. The summed E-state index contributed by atoms with van der Waals surface area (Å²) >= 11 is 0. The third-order valence-corrected chi connectivity index (χ3v) is 4.97. The number of aromatic nitrogens is 2. The van der Waals surface area contributed by atoms with Gasteiger partial charge in [0.2, 0.25) is 0 Å². The van der Waals surface area contributed by atoms with Gasteiger partial charge in [0, 0.05) is 17.8 Å². The number of amides is 1. The average molecular weight is 409 g/mol. The molecule has 0 saturated carbocycles. The largest absolute Gasteiger partial charge is 0.483 e. The lowest BCUT2D eigenvalue weighted by Gasteiger charge is -2.15. The Balaban J connectivity index is 1.40. The molecule has 0 aliphatic rings. The van der Waals surface area contributed by atoms with Crippen LogP contribution < -0.4 is 10.1 Å². The van der Waals surface area contributed by atoms with Crippen LogP contribution in [-0.2, 0) is 4.79 Å². The summed E-state index contributed by atoms with van der Waals surface area (Å²) in [7, 11) is 0. The number of nitrogens with zero attached hydrogens (tertiary/aromatic N) is 2. The number of alkyl halides is 2. The Hall–Kier alpha value is -3.48. The van der Waals surface area contributed by atoms with Gasteiger partial charge in [0.15, 0.2) is 6.61 Å². The van der Waals surface area contributed by atoms with E-state index in [1.54, 1.807) is 31.2 Å². The van der Waals surface area contributed by atoms with Crippen molar-refractivity contribution in [2.45, 2.75) is 19.4 Å². The molecule has 0 radical (unpaired) electrons. The van der Waals surface area contributed by atoms with Crippen LogP contribution in [0.2, 0.25) is 0 Å². The number of halogens is 2. The molecule has 0 saturated heterocycles. The summed E-state index contributed by atoms with van der Waals surface area (Å²) in [4.78, 5) is 16.6. The summed E-state index contributed by atoms with van der Waals surface area (Å²) in [5, 5.41) is 4.69. The van der Waals surface area contributed by atoms with E-state index in [0.29, 0.717) is 16.8 Å². The van der Waals surface area contributed by atoms with Gasteiger partial charge >= 0.3 is 6.55 Å². The molecule has 0 spiro atoms. The number of carbonyl (C=O) groups is 1. The number of benzene rings is 3. The van der Waals surface area contributed by atoms with E-state index in [1.165, 1.54) is 0 Å². The highest BCUT2D eigenvalue weighted by atomic mass is 19.3. The zero-order chi connectivity index (χ0) is 21.1. The third-order valence-electron chi connectivity index (χ3n) is 4.97. The Morgan fingerprint density at radius 2 is 1.80 bits per heavy atom. The molecule has 1 amide bonds. The van der Waals surface area contributed by atoms with Crippen molar-refractivity contribution in [2.24, 2.45) is 0 Å². The summed E-state index contributed by atoms with van der Waals surface area (Å²) in [6.07, 6.45) is 0. The molecule has 0 bridgehead atoms. The second kappa shape index (κ2) is 8.49. The van der Waals surface area contributed by atoms with E-state index in [9.17, 15) is 13.6 Å². The average Bonchev–Trinajstić information content (AvgIpc) is 3.16. The normalized spacial score (nSPS) is 12.4. The van der Waals surface area contributed by atoms with Crippen molar-refractivity contribution in [1.29, 1.82) is 0 Å². The topological polar surface area (TPSA) is 56.1 Å². The van der Waals surface area contributed by atoms with Gasteiger partial charge < -0.3 is 10.1 Å². The fraction of sp³-hybridized carbons (Fsp3) is 0.217. The van der Waals surface area contributed by atoms with Crippen LogP contribution in [0.5, 0.6) is 5.75 Å². The summed E-state index contributed by atoms with van der Waals surface area (Å²) in [5.41, 5.74) is 0.880. The second-order valence-corrected chi connectivity index (χ2v) is 7.08. The van der Waals surface area contributed by atoms with Gasteiger partial charge in [-0.15, -0.1) is 0 Å². The predicted molar refractivity (Wildman–Crippen MR) is 112 cm³/mol. The molecule has 7 heteroatoms. The first-order chi connectivity index (χ1) is 14.5. The third kappa shape index (κ3) is 3.96. The Labute approximate surface area is 172 Å². The van der Waals surface area contributed by atoms with Gasteiger partial charge in [0.05, 0.1) is 11.0 Å². The zero-order valence-electron chi connectivity index (χ0n) is 16.4. The smallest absolute Gasteiger partial charge is 0.320 e. The minimum absolute atomic E-state index is 0.161. The quantitative estimate of drug-likeness (QED) is 0.473. The molecule has 4 rings (SSSR count). The van der Waals surface area contributed by atoms with E-state index in [-0.39, 0.29) is 24.9 Å². The maximum atomic E-state index is 13.6. The van der Waals surface area contributed by atoms with Gasteiger partial charge in [-0.25, -0.2) is 4.98 Å². The molecule has 5 nitrogen and oxygen atoms in total. The molecule has 1 aromatic heterocycles. The van der Waals surface area contributed by atoms with Crippen molar-refractivity contribution < 1.29 is 18.3 Å². The van der Waals surface area contributed by atoms with Crippen molar-refractivity contribution in [3.05, 3.63) is 72.6 Å². The number of hydrogen-bond donors (Lipinski definition) is 1. The number of carbonyl (C=O) groups excluding carboxylic acids is 1. The van der Waals surface area contributed by atoms with Gasteiger partial charge in [0.25, 0.3) is 5.91 Å². The molecule has 1 heterocycles. The van der Waals surface area contributed by atoms with Crippen LogP contribution in [0.4, 0.5) is 8.78 Å². The monoisotopic (exact) mass is 409 g/mol. The maximum Gasteiger partial charge on any atom is 0.320 e. The first kappa shape index (κ1) is 19.8. The fourth-order valence-corrected chi connectivity index (χ4v) is 3.49. The van der Waals surface area contributed by atoms with Crippen molar-refractivity contribution >= 4 is 27.7 Å². The van der Waals surface area contributed by atoms with Gasteiger partial charge in [-0.05, 0) is 23.6 Å². The first-order valence-electron chi connectivity index (χ1n) is 9.67.